The van der Waals surface area contributed by atoms with E-state index in [2.05, 4.69) is 20.3 Å². The van der Waals surface area contributed by atoms with Crippen molar-refractivity contribution in [2.75, 3.05) is 33.9 Å². The van der Waals surface area contributed by atoms with Crippen LogP contribution in [0.15, 0.2) is 24.5 Å². The van der Waals surface area contributed by atoms with E-state index in [4.69, 9.17) is 25.8 Å². The zero-order chi connectivity index (χ0) is 24.2. The Morgan fingerprint density at radius 1 is 1.24 bits per heavy atom. The highest BCUT2D eigenvalue weighted by atomic mass is 35.5. The standard InChI is InChI=1S/C22H28ClN5O5/c1-22(2,3)33-21(30)28-6-7-32-19(17(28)11-31-5)13-8-15(27-18(23)9-13)14-10-16(20(29)24-4)26-12-25-14/h8-10,12,17,19H,6-7,11H2,1-5H3,(H,24,29)/t17-,19-/m1/s1. The number of morpholine rings is 1. The van der Waals surface area contributed by atoms with Crippen molar-refractivity contribution in [1.29, 1.82) is 0 Å². The van der Waals surface area contributed by atoms with E-state index in [1.807, 2.05) is 20.8 Å². The fourth-order valence-corrected chi connectivity index (χ4v) is 3.71. The maximum Gasteiger partial charge on any atom is 0.410 e. The number of hydrogen-bond acceptors (Lipinski definition) is 8. The average molecular weight is 478 g/mol. The van der Waals surface area contributed by atoms with Crippen LogP contribution in [0.1, 0.15) is 42.9 Å². The van der Waals surface area contributed by atoms with Gasteiger partial charge >= 0.3 is 6.09 Å². The molecule has 0 spiro atoms. The third kappa shape index (κ3) is 6.16. The predicted octanol–water partition coefficient (Wildman–Crippen LogP) is 2.88. The lowest BCUT2D eigenvalue weighted by atomic mass is 9.99. The van der Waals surface area contributed by atoms with Crippen molar-refractivity contribution in [3.8, 4) is 11.4 Å². The molecule has 2 aromatic heterocycles. The number of nitrogens with one attached hydrogen (secondary N) is 1. The number of ether oxygens (including phenoxy) is 3. The molecule has 1 aliphatic heterocycles. The maximum atomic E-state index is 12.9. The topological polar surface area (TPSA) is 116 Å². The average Bonchev–Trinajstić information content (AvgIpc) is 2.77. The van der Waals surface area contributed by atoms with Gasteiger partial charge in [0.2, 0.25) is 0 Å². The minimum atomic E-state index is -0.634. The molecule has 0 aliphatic carbocycles. The number of halogens is 1. The summed E-state index contributed by atoms with van der Waals surface area (Å²) in [6, 6.07) is 4.53. The molecule has 1 fully saturated rings. The van der Waals surface area contributed by atoms with Gasteiger partial charge in [-0.05, 0) is 44.5 Å². The smallest absolute Gasteiger partial charge is 0.410 e. The van der Waals surface area contributed by atoms with E-state index in [9.17, 15) is 9.59 Å². The highest BCUT2D eigenvalue weighted by Crippen LogP contribution is 2.33. The molecule has 2 atom stereocenters. The largest absolute Gasteiger partial charge is 0.444 e. The Labute approximate surface area is 197 Å². The lowest BCUT2D eigenvalue weighted by Gasteiger charge is -2.41. The number of nitrogens with zero attached hydrogens (tertiary/aromatic N) is 4. The Morgan fingerprint density at radius 3 is 2.67 bits per heavy atom. The van der Waals surface area contributed by atoms with Gasteiger partial charge in [-0.15, -0.1) is 0 Å². The van der Waals surface area contributed by atoms with Crippen molar-refractivity contribution in [3.63, 3.8) is 0 Å². The molecule has 11 heteroatoms. The fourth-order valence-electron chi connectivity index (χ4n) is 3.49. The molecule has 0 bridgehead atoms. The molecule has 3 heterocycles. The fraction of sp³-hybridized carbons (Fsp3) is 0.500. The minimum absolute atomic E-state index is 0.202. The number of carbonyl (C=O) groups is 2. The number of rotatable bonds is 5. The highest BCUT2D eigenvalue weighted by molar-refractivity contribution is 6.29. The molecule has 0 unspecified atom stereocenters. The molecule has 0 radical (unpaired) electrons. The van der Waals surface area contributed by atoms with E-state index in [1.165, 1.54) is 19.4 Å². The van der Waals surface area contributed by atoms with Crippen LogP contribution < -0.4 is 5.32 Å². The van der Waals surface area contributed by atoms with Gasteiger partial charge in [-0.3, -0.25) is 9.69 Å². The second-order valence-corrected chi connectivity index (χ2v) is 8.85. The van der Waals surface area contributed by atoms with Crippen LogP contribution in [-0.2, 0) is 14.2 Å². The zero-order valence-electron chi connectivity index (χ0n) is 19.3. The molecule has 1 N–H and O–H groups in total. The van der Waals surface area contributed by atoms with Crippen LogP contribution in [-0.4, -0.2) is 77.4 Å². The van der Waals surface area contributed by atoms with Gasteiger partial charge < -0.3 is 19.5 Å². The number of pyridine rings is 1. The van der Waals surface area contributed by atoms with Crippen molar-refractivity contribution in [2.45, 2.75) is 38.5 Å². The second kappa shape index (κ2) is 10.4. The van der Waals surface area contributed by atoms with Crippen LogP contribution in [0.25, 0.3) is 11.4 Å². The van der Waals surface area contributed by atoms with Gasteiger partial charge in [0.25, 0.3) is 5.91 Å². The first kappa shape index (κ1) is 24.8. The van der Waals surface area contributed by atoms with E-state index < -0.39 is 23.8 Å². The first-order valence-electron chi connectivity index (χ1n) is 10.4. The number of amides is 2. The number of aromatic nitrogens is 3. The van der Waals surface area contributed by atoms with Crippen molar-refractivity contribution in [3.05, 3.63) is 40.9 Å². The summed E-state index contributed by atoms with van der Waals surface area (Å²) in [7, 11) is 3.08. The predicted molar refractivity (Wildman–Crippen MR) is 121 cm³/mol. The molecule has 0 saturated carbocycles. The lowest BCUT2D eigenvalue weighted by molar-refractivity contribution is -0.0941. The van der Waals surface area contributed by atoms with Gasteiger partial charge in [-0.1, -0.05) is 11.6 Å². The molecular weight excluding hydrogens is 450 g/mol. The number of carbonyl (C=O) groups excluding carboxylic acids is 2. The number of hydrogen-bond donors (Lipinski definition) is 1. The molecule has 3 rings (SSSR count). The molecule has 1 aliphatic rings. The first-order chi connectivity index (χ1) is 15.6. The molecule has 2 amide bonds. The van der Waals surface area contributed by atoms with Crippen molar-refractivity contribution in [2.24, 2.45) is 0 Å². The van der Waals surface area contributed by atoms with Gasteiger partial charge in [0.15, 0.2) is 0 Å². The summed E-state index contributed by atoms with van der Waals surface area (Å²) in [5.74, 6) is -0.343. The van der Waals surface area contributed by atoms with Crippen molar-refractivity contribution in [1.82, 2.24) is 25.2 Å². The first-order valence-corrected chi connectivity index (χ1v) is 10.8. The van der Waals surface area contributed by atoms with Crippen LogP contribution in [0, 0.1) is 0 Å². The summed E-state index contributed by atoms with van der Waals surface area (Å²) in [5.41, 5.74) is 1.13. The zero-order valence-corrected chi connectivity index (χ0v) is 20.0. The van der Waals surface area contributed by atoms with E-state index in [-0.39, 0.29) is 23.4 Å². The molecule has 2 aromatic rings. The van der Waals surface area contributed by atoms with Gasteiger partial charge in [0.05, 0.1) is 30.6 Å². The van der Waals surface area contributed by atoms with Crippen LogP contribution in [0.2, 0.25) is 5.15 Å². The Morgan fingerprint density at radius 2 is 2.00 bits per heavy atom. The molecule has 0 aromatic carbocycles. The van der Waals surface area contributed by atoms with Crippen LogP contribution in [0.3, 0.4) is 0 Å². The van der Waals surface area contributed by atoms with Crippen LogP contribution in [0.5, 0.6) is 0 Å². The Hall–Kier alpha value is -2.82. The van der Waals surface area contributed by atoms with E-state index >= 15 is 0 Å². The minimum Gasteiger partial charge on any atom is -0.444 e. The van der Waals surface area contributed by atoms with Crippen molar-refractivity contribution < 1.29 is 23.8 Å². The summed E-state index contributed by atoms with van der Waals surface area (Å²) in [6.07, 6.45) is 0.312. The summed E-state index contributed by atoms with van der Waals surface area (Å²) < 4.78 is 17.0. The molecular formula is C22H28ClN5O5. The third-order valence-corrected chi connectivity index (χ3v) is 5.07. The summed E-state index contributed by atoms with van der Waals surface area (Å²) in [5, 5.41) is 2.75. The normalized spacial score (nSPS) is 18.7. The van der Waals surface area contributed by atoms with Gasteiger partial charge in [0, 0.05) is 20.7 Å². The Kier molecular flexibility index (Phi) is 7.83. The Bertz CT molecular complexity index is 1010. The van der Waals surface area contributed by atoms with E-state index in [0.717, 1.165) is 0 Å². The molecule has 10 nitrogen and oxygen atoms in total. The number of methoxy groups -OCH3 is 1. The van der Waals surface area contributed by atoms with Gasteiger partial charge in [0.1, 0.15) is 28.9 Å². The highest BCUT2D eigenvalue weighted by Gasteiger charge is 2.38. The third-order valence-electron chi connectivity index (χ3n) is 4.88. The van der Waals surface area contributed by atoms with Crippen LogP contribution >= 0.6 is 11.6 Å². The van der Waals surface area contributed by atoms with E-state index in [0.29, 0.717) is 30.1 Å². The molecule has 1 saturated heterocycles. The lowest BCUT2D eigenvalue weighted by Crippen LogP contribution is -2.53. The summed E-state index contributed by atoms with van der Waals surface area (Å²) in [6.45, 7) is 6.36. The van der Waals surface area contributed by atoms with Gasteiger partial charge in [-0.25, -0.2) is 19.7 Å². The quantitative estimate of drug-likeness (QED) is 0.653. The molecule has 178 valence electrons. The Balaban J connectivity index is 1.97. The maximum absolute atomic E-state index is 12.9. The van der Waals surface area contributed by atoms with Crippen molar-refractivity contribution >= 4 is 23.6 Å². The van der Waals surface area contributed by atoms with Crippen LogP contribution in [0.4, 0.5) is 4.79 Å². The van der Waals surface area contributed by atoms with Gasteiger partial charge in [-0.2, -0.15) is 0 Å². The monoisotopic (exact) mass is 477 g/mol. The summed E-state index contributed by atoms with van der Waals surface area (Å²) >= 11 is 6.33. The molecule has 33 heavy (non-hydrogen) atoms. The van der Waals surface area contributed by atoms with E-state index in [1.54, 1.807) is 24.1 Å². The second-order valence-electron chi connectivity index (χ2n) is 8.46. The SMILES string of the molecule is CNC(=O)c1cc(-c2cc([C@H]3OCCN(C(=O)OC(C)(C)C)[C@@H]3COC)cc(Cl)n2)ncn1. The summed E-state index contributed by atoms with van der Waals surface area (Å²) in [4.78, 5) is 39.0.